The fraction of sp³-hybridized carbons (Fsp3) is 0.478. The summed E-state index contributed by atoms with van der Waals surface area (Å²) in [5, 5.41) is 2.85. The maximum atomic E-state index is 14.1. The van der Waals surface area contributed by atoms with Crippen molar-refractivity contribution < 1.29 is 14.0 Å². The Morgan fingerprint density at radius 1 is 1.21 bits per heavy atom. The third kappa shape index (κ3) is 5.97. The molecular formula is C23H29FN2O2S. The molecule has 2 heterocycles. The molecule has 2 aliphatic rings. The average Bonchev–Trinajstić information content (AvgIpc) is 3.39. The number of hydrogen-bond donors (Lipinski definition) is 1. The maximum Gasteiger partial charge on any atom is 0.251 e. The van der Waals surface area contributed by atoms with Crippen molar-refractivity contribution in [3.8, 4) is 10.4 Å². The summed E-state index contributed by atoms with van der Waals surface area (Å²) in [6, 6.07) is 6.66. The van der Waals surface area contributed by atoms with Gasteiger partial charge in [0.2, 0.25) is 0 Å². The first-order valence-corrected chi connectivity index (χ1v) is 11.0. The third-order valence-corrected chi connectivity index (χ3v) is 6.58. The molecule has 1 saturated carbocycles. The molecule has 29 heavy (non-hydrogen) atoms. The van der Waals surface area contributed by atoms with Crippen molar-refractivity contribution in [2.75, 3.05) is 20.1 Å². The van der Waals surface area contributed by atoms with Crippen LogP contribution in [0.5, 0.6) is 0 Å². The van der Waals surface area contributed by atoms with Crippen LogP contribution in [0.2, 0.25) is 0 Å². The average molecular weight is 417 g/mol. The van der Waals surface area contributed by atoms with E-state index in [1.807, 2.05) is 0 Å². The smallest absolute Gasteiger partial charge is 0.251 e. The van der Waals surface area contributed by atoms with Gasteiger partial charge in [0.25, 0.3) is 5.91 Å². The number of halogens is 1. The Morgan fingerprint density at radius 3 is 2.45 bits per heavy atom. The number of nitrogens with one attached hydrogen (secondary N) is 1. The van der Waals surface area contributed by atoms with Crippen molar-refractivity contribution in [1.82, 2.24) is 10.2 Å². The molecule has 0 unspecified atom stereocenters. The van der Waals surface area contributed by atoms with Crippen LogP contribution >= 0.6 is 11.3 Å². The number of carbonyl (C=O) groups is 2. The van der Waals surface area contributed by atoms with Gasteiger partial charge in [-0.15, -0.1) is 11.3 Å². The number of amides is 1. The van der Waals surface area contributed by atoms with E-state index in [0.29, 0.717) is 21.6 Å². The summed E-state index contributed by atoms with van der Waals surface area (Å²) in [4.78, 5) is 26.6. The van der Waals surface area contributed by atoms with Gasteiger partial charge < -0.3 is 10.2 Å². The highest BCUT2D eigenvalue weighted by Crippen LogP contribution is 2.32. The number of piperidine rings is 1. The van der Waals surface area contributed by atoms with E-state index in [0.717, 1.165) is 29.9 Å². The Kier molecular flexibility index (Phi) is 7.19. The van der Waals surface area contributed by atoms with Crippen molar-refractivity contribution in [2.45, 2.75) is 45.6 Å². The predicted octanol–water partition coefficient (Wildman–Crippen LogP) is 4.92. The van der Waals surface area contributed by atoms with Gasteiger partial charge >= 0.3 is 0 Å². The summed E-state index contributed by atoms with van der Waals surface area (Å²) >= 11 is 1.29. The zero-order chi connectivity index (χ0) is 21.0. The monoisotopic (exact) mass is 416 g/mol. The van der Waals surface area contributed by atoms with Gasteiger partial charge in [0.15, 0.2) is 6.29 Å². The van der Waals surface area contributed by atoms with E-state index in [2.05, 4.69) is 24.2 Å². The first-order chi connectivity index (χ1) is 13.9. The maximum absolute atomic E-state index is 14.1. The fourth-order valence-electron chi connectivity index (χ4n) is 3.26. The normalized spacial score (nSPS) is 17.4. The third-order valence-electron chi connectivity index (χ3n) is 5.53. The summed E-state index contributed by atoms with van der Waals surface area (Å²) < 4.78 is 14.1. The van der Waals surface area contributed by atoms with Crippen molar-refractivity contribution in [2.24, 2.45) is 5.92 Å². The Hall–Kier alpha value is -2.05. The van der Waals surface area contributed by atoms with Crippen LogP contribution < -0.4 is 5.32 Å². The molecule has 0 radical (unpaired) electrons. The predicted molar refractivity (Wildman–Crippen MR) is 116 cm³/mol. The van der Waals surface area contributed by atoms with E-state index in [9.17, 15) is 14.0 Å². The molecular weight excluding hydrogens is 387 g/mol. The summed E-state index contributed by atoms with van der Waals surface area (Å²) in [5.41, 5.74) is 1.47. The molecule has 4 nitrogen and oxygen atoms in total. The van der Waals surface area contributed by atoms with Crippen molar-refractivity contribution in [1.29, 1.82) is 0 Å². The number of likely N-dealkylation sites (tertiary alicyclic amines) is 1. The van der Waals surface area contributed by atoms with Gasteiger partial charge in [-0.3, -0.25) is 9.59 Å². The Morgan fingerprint density at radius 2 is 1.90 bits per heavy atom. The molecule has 1 saturated heterocycles. The number of thiophene rings is 1. The SMILES string of the molecule is CC1CCN(C)CC1.Cc1c(F)cc(C(=O)NC2CC2)cc1-c1ccc(C=O)s1. The summed E-state index contributed by atoms with van der Waals surface area (Å²) in [6.45, 7) is 6.63. The molecule has 1 aliphatic carbocycles. The standard InChI is InChI=1S/C16H14FNO2S.C7H15N/c1-9-13(15-5-4-12(8-19)21-15)6-10(7-14(9)17)16(20)18-11-2-3-11;1-7-3-5-8(2)6-4-7/h4-8,11H,2-3H2,1H3,(H,18,20);7H,3-6H2,1-2H3. The van der Waals surface area contributed by atoms with E-state index in [4.69, 9.17) is 0 Å². The van der Waals surface area contributed by atoms with Crippen molar-refractivity contribution in [3.05, 3.63) is 46.1 Å². The van der Waals surface area contributed by atoms with Crippen molar-refractivity contribution in [3.63, 3.8) is 0 Å². The number of rotatable bonds is 4. The molecule has 1 N–H and O–H groups in total. The lowest BCUT2D eigenvalue weighted by Crippen LogP contribution is -2.28. The molecule has 0 atom stereocenters. The topological polar surface area (TPSA) is 49.4 Å². The molecule has 6 heteroatoms. The number of aldehydes is 1. The Labute approximate surface area is 176 Å². The van der Waals surface area contributed by atoms with E-state index in [-0.39, 0.29) is 11.9 Å². The van der Waals surface area contributed by atoms with Crippen LogP contribution in [-0.2, 0) is 0 Å². The van der Waals surface area contributed by atoms with Gasteiger partial charge in [-0.2, -0.15) is 0 Å². The molecule has 1 aromatic carbocycles. The lowest BCUT2D eigenvalue weighted by Gasteiger charge is -2.26. The van der Waals surface area contributed by atoms with Crippen LogP contribution in [-0.4, -0.2) is 43.3 Å². The van der Waals surface area contributed by atoms with Gasteiger partial charge in [-0.25, -0.2) is 4.39 Å². The molecule has 2 fully saturated rings. The lowest BCUT2D eigenvalue weighted by atomic mass is 10.00. The van der Waals surface area contributed by atoms with Crippen LogP contribution in [0.3, 0.4) is 0 Å². The summed E-state index contributed by atoms with van der Waals surface area (Å²) in [6.07, 6.45) is 5.54. The Bertz CT molecular complexity index is 858. The van der Waals surface area contributed by atoms with Gasteiger partial charge in [0.05, 0.1) is 4.88 Å². The number of hydrogen-bond acceptors (Lipinski definition) is 4. The van der Waals surface area contributed by atoms with Crippen LogP contribution in [0.4, 0.5) is 4.39 Å². The summed E-state index contributed by atoms with van der Waals surface area (Å²) in [5.74, 6) is 0.325. The highest BCUT2D eigenvalue weighted by molar-refractivity contribution is 7.17. The first kappa shape index (κ1) is 21.7. The second-order valence-corrected chi connectivity index (χ2v) is 9.30. The first-order valence-electron chi connectivity index (χ1n) is 10.2. The molecule has 4 rings (SSSR count). The summed E-state index contributed by atoms with van der Waals surface area (Å²) in [7, 11) is 2.20. The molecule has 1 aromatic heterocycles. The molecule has 0 spiro atoms. The lowest BCUT2D eigenvalue weighted by molar-refractivity contribution is 0.0950. The van der Waals surface area contributed by atoms with E-state index >= 15 is 0 Å². The Balaban J connectivity index is 0.000000252. The van der Waals surface area contributed by atoms with E-state index < -0.39 is 5.82 Å². The quantitative estimate of drug-likeness (QED) is 0.720. The zero-order valence-electron chi connectivity index (χ0n) is 17.3. The van der Waals surface area contributed by atoms with Crippen LogP contribution in [0, 0.1) is 18.7 Å². The second kappa shape index (κ2) is 9.63. The minimum atomic E-state index is -0.408. The largest absolute Gasteiger partial charge is 0.349 e. The minimum Gasteiger partial charge on any atom is -0.349 e. The van der Waals surface area contributed by atoms with Gasteiger partial charge in [-0.05, 0) is 94.1 Å². The van der Waals surface area contributed by atoms with E-state index in [1.54, 1.807) is 25.1 Å². The minimum absolute atomic E-state index is 0.230. The highest BCUT2D eigenvalue weighted by atomic mass is 32.1. The number of benzene rings is 1. The van der Waals surface area contributed by atoms with Crippen LogP contribution in [0.15, 0.2) is 24.3 Å². The van der Waals surface area contributed by atoms with Gasteiger partial charge in [0, 0.05) is 16.5 Å². The van der Waals surface area contributed by atoms with Crippen LogP contribution in [0.1, 0.15) is 58.2 Å². The van der Waals surface area contributed by atoms with E-state index in [1.165, 1.54) is 43.3 Å². The highest BCUT2D eigenvalue weighted by Gasteiger charge is 2.24. The molecule has 1 amide bonds. The molecule has 1 aliphatic heterocycles. The fourth-order valence-corrected chi connectivity index (χ4v) is 4.16. The molecule has 2 aromatic rings. The molecule has 156 valence electrons. The molecule has 0 bridgehead atoms. The van der Waals surface area contributed by atoms with Crippen molar-refractivity contribution >= 4 is 23.5 Å². The van der Waals surface area contributed by atoms with Gasteiger partial charge in [-0.1, -0.05) is 6.92 Å². The van der Waals surface area contributed by atoms with Gasteiger partial charge in [0.1, 0.15) is 5.82 Å². The zero-order valence-corrected chi connectivity index (χ0v) is 18.2. The number of nitrogens with zero attached hydrogens (tertiary/aromatic N) is 1. The van der Waals surface area contributed by atoms with Crippen LogP contribution in [0.25, 0.3) is 10.4 Å². The number of carbonyl (C=O) groups excluding carboxylic acids is 2. The second-order valence-electron chi connectivity index (χ2n) is 8.18.